The van der Waals surface area contributed by atoms with Crippen molar-refractivity contribution in [2.24, 2.45) is 0 Å². The fraction of sp³-hybridized carbons (Fsp3) is 0.278. The summed E-state index contributed by atoms with van der Waals surface area (Å²) in [6, 6.07) is 30.1. The quantitative estimate of drug-likeness (QED) is 0.123. The van der Waals surface area contributed by atoms with Gasteiger partial charge in [0.25, 0.3) is 0 Å². The number of benzene rings is 4. The van der Waals surface area contributed by atoms with Gasteiger partial charge in [-0.1, -0.05) is 48.5 Å². The van der Waals surface area contributed by atoms with Gasteiger partial charge in [-0.3, -0.25) is 0 Å². The molecule has 6 rings (SSSR count). The van der Waals surface area contributed by atoms with Gasteiger partial charge in [0.15, 0.2) is 0 Å². The molecule has 2 fully saturated rings. The molecule has 0 aliphatic carbocycles. The van der Waals surface area contributed by atoms with Crippen molar-refractivity contribution in [1.29, 1.82) is 0 Å². The molecule has 4 aromatic rings. The minimum absolute atomic E-state index is 0.134. The monoisotopic (exact) mass is 594 g/mol. The van der Waals surface area contributed by atoms with E-state index in [0.29, 0.717) is 30.8 Å². The van der Waals surface area contributed by atoms with Gasteiger partial charge in [0.1, 0.15) is 43.0 Å². The number of carbonyl (C=O) groups excluding carboxylic acids is 2. The highest BCUT2D eigenvalue weighted by Gasteiger charge is 2.23. The number of esters is 2. The molecule has 2 aliphatic heterocycles. The lowest BCUT2D eigenvalue weighted by Crippen LogP contribution is -2.18. The molecule has 2 heterocycles. The van der Waals surface area contributed by atoms with E-state index in [9.17, 15) is 9.59 Å². The zero-order valence-electron chi connectivity index (χ0n) is 24.5. The van der Waals surface area contributed by atoms with E-state index in [1.165, 1.54) is 0 Å². The molecular weight excluding hydrogens is 560 g/mol. The standard InChI is InChI=1S/C36H34O8/c1-24(44-36(38)30-8-4-26(5-9-30)28-12-16-32(17-13-28)41-21-34-23-43-34)18-19-39-35(37)29-6-2-25(3-7-29)27-10-14-31(15-11-27)40-20-33-22-42-33/h2-17,24,33-34H,18-23H2,1H3. The Balaban J connectivity index is 0.919. The van der Waals surface area contributed by atoms with E-state index in [-0.39, 0.29) is 18.8 Å². The number of epoxide rings is 2. The molecule has 0 N–H and O–H groups in total. The van der Waals surface area contributed by atoms with Gasteiger partial charge in [0.2, 0.25) is 0 Å². The van der Waals surface area contributed by atoms with E-state index < -0.39 is 18.0 Å². The average molecular weight is 595 g/mol. The predicted molar refractivity (Wildman–Crippen MR) is 164 cm³/mol. The summed E-state index contributed by atoms with van der Waals surface area (Å²) in [5.41, 5.74) is 4.91. The predicted octanol–water partition coefficient (Wildman–Crippen LogP) is 6.37. The first-order chi connectivity index (χ1) is 21.5. The summed E-state index contributed by atoms with van der Waals surface area (Å²) in [5, 5.41) is 0. The van der Waals surface area contributed by atoms with Crippen molar-refractivity contribution in [2.45, 2.75) is 31.7 Å². The van der Waals surface area contributed by atoms with Gasteiger partial charge in [-0.15, -0.1) is 0 Å². The molecular formula is C36H34O8. The first kappa shape index (κ1) is 29.4. The van der Waals surface area contributed by atoms with Crippen LogP contribution in [0.2, 0.25) is 0 Å². The molecule has 4 aromatic carbocycles. The Bertz CT molecular complexity index is 1540. The highest BCUT2D eigenvalue weighted by atomic mass is 16.6. The number of rotatable bonds is 14. The third-order valence-corrected chi connectivity index (χ3v) is 7.36. The second-order valence-electron chi connectivity index (χ2n) is 10.9. The molecule has 0 bridgehead atoms. The lowest BCUT2D eigenvalue weighted by molar-refractivity contribution is 0.0228. The van der Waals surface area contributed by atoms with E-state index in [0.717, 1.165) is 47.0 Å². The van der Waals surface area contributed by atoms with Gasteiger partial charge < -0.3 is 28.4 Å². The van der Waals surface area contributed by atoms with Crippen LogP contribution in [0, 0.1) is 0 Å². The summed E-state index contributed by atoms with van der Waals surface area (Å²) < 4.78 is 32.7. The Morgan fingerprint density at radius 1 is 0.636 bits per heavy atom. The second kappa shape index (κ2) is 13.8. The SMILES string of the molecule is CC(CCOC(=O)c1ccc(-c2ccc(OCC3CO3)cc2)cc1)OC(=O)c1ccc(-c2ccc(OCC3CO3)cc2)cc1. The number of carbonyl (C=O) groups is 2. The Morgan fingerprint density at radius 2 is 1.02 bits per heavy atom. The van der Waals surface area contributed by atoms with Crippen LogP contribution in [0.15, 0.2) is 97.1 Å². The normalized spacial score (nSPS) is 17.3. The fourth-order valence-corrected chi connectivity index (χ4v) is 4.50. The van der Waals surface area contributed by atoms with Crippen molar-refractivity contribution in [3.8, 4) is 33.8 Å². The second-order valence-corrected chi connectivity index (χ2v) is 10.9. The van der Waals surface area contributed by atoms with Gasteiger partial charge in [-0.25, -0.2) is 9.59 Å². The molecule has 8 heteroatoms. The number of hydrogen-bond donors (Lipinski definition) is 0. The van der Waals surface area contributed by atoms with Crippen LogP contribution >= 0.6 is 0 Å². The van der Waals surface area contributed by atoms with Crippen LogP contribution in [0.3, 0.4) is 0 Å². The Labute approximate surface area is 256 Å². The summed E-state index contributed by atoms with van der Waals surface area (Å²) in [7, 11) is 0. The smallest absolute Gasteiger partial charge is 0.338 e. The van der Waals surface area contributed by atoms with Crippen LogP contribution in [0.25, 0.3) is 22.3 Å². The maximum absolute atomic E-state index is 12.7. The minimum Gasteiger partial charge on any atom is -0.491 e. The first-order valence-corrected chi connectivity index (χ1v) is 14.8. The van der Waals surface area contributed by atoms with E-state index in [1.54, 1.807) is 31.2 Å². The van der Waals surface area contributed by atoms with Crippen molar-refractivity contribution in [3.05, 3.63) is 108 Å². The van der Waals surface area contributed by atoms with Crippen LogP contribution in [-0.2, 0) is 18.9 Å². The molecule has 0 radical (unpaired) electrons. The highest BCUT2D eigenvalue weighted by Crippen LogP contribution is 2.25. The topological polar surface area (TPSA) is 96.1 Å². The zero-order valence-corrected chi connectivity index (χ0v) is 24.5. The van der Waals surface area contributed by atoms with Crippen molar-refractivity contribution < 1.29 is 38.0 Å². The van der Waals surface area contributed by atoms with Gasteiger partial charge in [-0.2, -0.15) is 0 Å². The van der Waals surface area contributed by atoms with Crippen LogP contribution in [0.5, 0.6) is 11.5 Å². The summed E-state index contributed by atoms with van der Waals surface area (Å²) in [4.78, 5) is 25.2. The fourth-order valence-electron chi connectivity index (χ4n) is 4.50. The van der Waals surface area contributed by atoms with E-state index in [4.69, 9.17) is 28.4 Å². The summed E-state index contributed by atoms with van der Waals surface area (Å²) in [6.07, 6.45) is 0.395. The lowest BCUT2D eigenvalue weighted by Gasteiger charge is -2.14. The van der Waals surface area contributed by atoms with E-state index >= 15 is 0 Å². The van der Waals surface area contributed by atoms with Crippen LogP contribution in [-0.4, -0.2) is 63.3 Å². The summed E-state index contributed by atoms with van der Waals surface area (Å²) in [6.45, 7) is 4.57. The molecule has 0 amide bonds. The molecule has 8 nitrogen and oxygen atoms in total. The van der Waals surface area contributed by atoms with Crippen LogP contribution < -0.4 is 9.47 Å². The van der Waals surface area contributed by atoms with Crippen molar-refractivity contribution in [2.75, 3.05) is 33.0 Å². The third-order valence-electron chi connectivity index (χ3n) is 7.36. The summed E-state index contributed by atoms with van der Waals surface area (Å²) in [5.74, 6) is 0.748. The van der Waals surface area contributed by atoms with Crippen LogP contribution in [0.1, 0.15) is 34.1 Å². The Morgan fingerprint density at radius 3 is 1.43 bits per heavy atom. The maximum Gasteiger partial charge on any atom is 0.338 e. The summed E-state index contributed by atoms with van der Waals surface area (Å²) >= 11 is 0. The molecule has 0 spiro atoms. The van der Waals surface area contributed by atoms with Gasteiger partial charge >= 0.3 is 11.9 Å². The highest BCUT2D eigenvalue weighted by molar-refractivity contribution is 5.91. The largest absolute Gasteiger partial charge is 0.491 e. The zero-order chi connectivity index (χ0) is 30.3. The average Bonchev–Trinajstić information content (AvgIpc) is 4.00. The number of hydrogen-bond acceptors (Lipinski definition) is 8. The first-order valence-electron chi connectivity index (χ1n) is 14.8. The molecule has 2 saturated heterocycles. The Kier molecular flexibility index (Phi) is 9.20. The van der Waals surface area contributed by atoms with E-state index in [1.807, 2.05) is 72.8 Å². The molecule has 44 heavy (non-hydrogen) atoms. The van der Waals surface area contributed by atoms with Gasteiger partial charge in [0, 0.05) is 6.42 Å². The third kappa shape index (κ3) is 8.24. The molecule has 3 unspecified atom stereocenters. The van der Waals surface area contributed by atoms with Crippen LogP contribution in [0.4, 0.5) is 0 Å². The molecule has 0 aromatic heterocycles. The number of ether oxygens (including phenoxy) is 6. The maximum atomic E-state index is 12.7. The van der Waals surface area contributed by atoms with Gasteiger partial charge in [0.05, 0.1) is 30.9 Å². The molecule has 0 saturated carbocycles. The van der Waals surface area contributed by atoms with Crippen molar-refractivity contribution in [1.82, 2.24) is 0 Å². The van der Waals surface area contributed by atoms with Crippen molar-refractivity contribution in [3.63, 3.8) is 0 Å². The molecule has 3 atom stereocenters. The molecule has 2 aliphatic rings. The minimum atomic E-state index is -0.423. The van der Waals surface area contributed by atoms with Gasteiger partial charge in [-0.05, 0) is 77.7 Å². The van der Waals surface area contributed by atoms with E-state index in [2.05, 4.69) is 0 Å². The van der Waals surface area contributed by atoms with Crippen molar-refractivity contribution >= 4 is 11.9 Å². The lowest BCUT2D eigenvalue weighted by atomic mass is 10.0. The Hall–Kier alpha value is -4.66. The molecule has 226 valence electrons.